The highest BCUT2D eigenvalue weighted by atomic mass is 19.4. The van der Waals surface area contributed by atoms with Gasteiger partial charge < -0.3 is 0 Å². The summed E-state index contributed by atoms with van der Waals surface area (Å²) in [4.78, 5) is 0. The predicted molar refractivity (Wildman–Crippen MR) is 45.7 cm³/mol. The van der Waals surface area contributed by atoms with Crippen molar-refractivity contribution in [3.8, 4) is 0 Å². The maximum atomic E-state index is 13.3. The summed E-state index contributed by atoms with van der Waals surface area (Å²) >= 11 is 0. The Bertz CT molecular complexity index is 454. The first-order valence-electron chi connectivity index (χ1n) is 4.76. The zero-order valence-electron chi connectivity index (χ0n) is 9.11. The van der Waals surface area contributed by atoms with E-state index < -0.39 is 52.9 Å². The first-order valence-corrected chi connectivity index (χ1v) is 4.76. The number of hydrogen-bond acceptors (Lipinski definition) is 0. The summed E-state index contributed by atoms with van der Waals surface area (Å²) in [6, 6.07) is 0. The number of halogens is 9. The highest BCUT2D eigenvalue weighted by Gasteiger charge is 2.47. The van der Waals surface area contributed by atoms with E-state index in [0.717, 1.165) is 6.92 Å². The largest absolute Gasteiger partial charge is 0.422 e. The third kappa shape index (κ3) is 2.64. The molecule has 0 unspecified atom stereocenters. The molecule has 0 fully saturated rings. The molecule has 0 spiro atoms. The highest BCUT2D eigenvalue weighted by molar-refractivity contribution is 5.38. The smallest absolute Gasteiger partial charge is 0.206 e. The molecule has 1 aromatic carbocycles. The lowest BCUT2D eigenvalue weighted by Gasteiger charge is -2.18. The van der Waals surface area contributed by atoms with Crippen molar-refractivity contribution in [3.63, 3.8) is 0 Å². The summed E-state index contributed by atoms with van der Waals surface area (Å²) in [5, 5.41) is 0. The molecule has 108 valence electrons. The van der Waals surface area contributed by atoms with Crippen molar-refractivity contribution in [1.29, 1.82) is 0 Å². The molecule has 0 atom stereocenters. The molecule has 0 nitrogen and oxygen atoms in total. The van der Waals surface area contributed by atoms with Crippen LogP contribution >= 0.6 is 0 Å². The maximum absolute atomic E-state index is 13.3. The summed E-state index contributed by atoms with van der Waals surface area (Å²) in [5.41, 5.74) is -6.93. The zero-order chi connectivity index (χ0) is 15.2. The molecule has 0 bridgehead atoms. The summed E-state index contributed by atoms with van der Waals surface area (Å²) in [5.74, 6) is -7.72. The number of hydrogen-bond donors (Lipinski definition) is 0. The van der Waals surface area contributed by atoms with Gasteiger partial charge in [0.2, 0.25) is 0 Å². The second kappa shape index (κ2) is 4.61. The normalized spacial score (nSPS) is 12.9. The van der Waals surface area contributed by atoms with E-state index >= 15 is 0 Å². The third-order valence-electron chi connectivity index (χ3n) is 2.33. The van der Waals surface area contributed by atoms with E-state index in [1.165, 1.54) is 0 Å². The van der Waals surface area contributed by atoms with Crippen LogP contribution in [0.2, 0.25) is 0 Å². The van der Waals surface area contributed by atoms with Crippen LogP contribution in [0.25, 0.3) is 0 Å². The van der Waals surface area contributed by atoms with Crippen LogP contribution in [-0.4, -0.2) is 0 Å². The van der Waals surface area contributed by atoms with Gasteiger partial charge in [-0.1, -0.05) is 6.92 Å². The van der Waals surface area contributed by atoms with Crippen molar-refractivity contribution < 1.29 is 39.5 Å². The van der Waals surface area contributed by atoms with Gasteiger partial charge in [0.05, 0.1) is 0 Å². The Balaban J connectivity index is 3.88. The molecular weight excluding hydrogens is 291 g/mol. The van der Waals surface area contributed by atoms with Crippen molar-refractivity contribution in [2.24, 2.45) is 0 Å². The lowest BCUT2D eigenvalue weighted by molar-refractivity contribution is -0.151. The van der Waals surface area contributed by atoms with Crippen molar-refractivity contribution >= 4 is 0 Å². The standard InChI is InChI=1S/C10H5F9/c1-2-3-6(11)4(9(14,15)16)8(13)5(7(3)12)10(17,18)19/h2H2,1H3. The number of benzene rings is 1. The summed E-state index contributed by atoms with van der Waals surface area (Å²) in [6.45, 7) is 0.944. The molecular formula is C10H5F9. The minimum Gasteiger partial charge on any atom is -0.206 e. The maximum Gasteiger partial charge on any atom is 0.422 e. The second-order valence-electron chi connectivity index (χ2n) is 3.52. The number of rotatable bonds is 1. The average molecular weight is 296 g/mol. The van der Waals surface area contributed by atoms with E-state index in [-0.39, 0.29) is 0 Å². The van der Waals surface area contributed by atoms with Gasteiger partial charge in [-0.3, -0.25) is 0 Å². The molecule has 0 saturated carbocycles. The van der Waals surface area contributed by atoms with Crippen LogP contribution in [0.3, 0.4) is 0 Å². The Kier molecular flexibility index (Phi) is 3.79. The zero-order valence-corrected chi connectivity index (χ0v) is 9.11. The van der Waals surface area contributed by atoms with Crippen LogP contribution in [0, 0.1) is 17.5 Å². The second-order valence-corrected chi connectivity index (χ2v) is 3.52. The Morgan fingerprint density at radius 2 is 1.00 bits per heavy atom. The Morgan fingerprint density at radius 1 is 0.684 bits per heavy atom. The fraction of sp³-hybridized carbons (Fsp3) is 0.400. The minimum atomic E-state index is -5.70. The summed E-state index contributed by atoms with van der Waals surface area (Å²) < 4.78 is 114. The van der Waals surface area contributed by atoms with Crippen LogP contribution in [0.15, 0.2) is 0 Å². The quantitative estimate of drug-likeness (QED) is 0.659. The van der Waals surface area contributed by atoms with Crippen molar-refractivity contribution in [2.45, 2.75) is 25.7 Å². The number of alkyl halides is 6. The predicted octanol–water partition coefficient (Wildman–Crippen LogP) is 4.70. The van der Waals surface area contributed by atoms with Gasteiger partial charge in [-0.25, -0.2) is 13.2 Å². The molecule has 0 amide bonds. The molecule has 1 rings (SSSR count). The minimum absolute atomic E-state index is 0.788. The van der Waals surface area contributed by atoms with Gasteiger partial charge in [0.15, 0.2) is 5.82 Å². The first-order chi connectivity index (χ1) is 8.42. The molecule has 9 heteroatoms. The van der Waals surface area contributed by atoms with Crippen LogP contribution in [0.4, 0.5) is 39.5 Å². The van der Waals surface area contributed by atoms with E-state index in [1.807, 2.05) is 0 Å². The fourth-order valence-corrected chi connectivity index (χ4v) is 1.52. The SMILES string of the molecule is CCc1c(F)c(C(F)(F)F)c(F)c(C(F)(F)F)c1F. The lowest BCUT2D eigenvalue weighted by atomic mass is 10.00. The van der Waals surface area contributed by atoms with E-state index in [2.05, 4.69) is 0 Å². The van der Waals surface area contributed by atoms with Crippen molar-refractivity contribution in [3.05, 3.63) is 34.1 Å². The van der Waals surface area contributed by atoms with Gasteiger partial charge in [-0.15, -0.1) is 0 Å². The molecule has 0 aliphatic carbocycles. The fourth-order valence-electron chi connectivity index (χ4n) is 1.52. The van der Waals surface area contributed by atoms with E-state index in [0.29, 0.717) is 0 Å². The van der Waals surface area contributed by atoms with Gasteiger partial charge in [0, 0.05) is 5.56 Å². The van der Waals surface area contributed by atoms with Gasteiger partial charge in [0.1, 0.15) is 22.8 Å². The summed E-state index contributed by atoms with van der Waals surface area (Å²) in [7, 11) is 0. The van der Waals surface area contributed by atoms with Crippen molar-refractivity contribution in [2.75, 3.05) is 0 Å². The molecule has 1 aromatic rings. The highest BCUT2D eigenvalue weighted by Crippen LogP contribution is 2.42. The van der Waals surface area contributed by atoms with Gasteiger partial charge in [0.25, 0.3) is 0 Å². The Morgan fingerprint density at radius 3 is 1.21 bits per heavy atom. The van der Waals surface area contributed by atoms with E-state index in [9.17, 15) is 39.5 Å². The topological polar surface area (TPSA) is 0 Å². The molecule has 0 N–H and O–H groups in total. The van der Waals surface area contributed by atoms with Crippen LogP contribution < -0.4 is 0 Å². The molecule has 0 heterocycles. The molecule has 0 aromatic heterocycles. The molecule has 0 saturated heterocycles. The monoisotopic (exact) mass is 296 g/mol. The Labute approximate surface area is 100 Å². The van der Waals surface area contributed by atoms with Crippen LogP contribution in [0.1, 0.15) is 23.6 Å². The lowest BCUT2D eigenvalue weighted by Crippen LogP contribution is -2.22. The van der Waals surface area contributed by atoms with Gasteiger partial charge in [-0.05, 0) is 6.42 Å². The van der Waals surface area contributed by atoms with Crippen LogP contribution in [0.5, 0.6) is 0 Å². The van der Waals surface area contributed by atoms with Crippen LogP contribution in [-0.2, 0) is 18.8 Å². The van der Waals surface area contributed by atoms with Crippen molar-refractivity contribution in [1.82, 2.24) is 0 Å². The van der Waals surface area contributed by atoms with E-state index in [1.54, 1.807) is 0 Å². The van der Waals surface area contributed by atoms with Gasteiger partial charge >= 0.3 is 12.4 Å². The Hall–Kier alpha value is -1.41. The third-order valence-corrected chi connectivity index (χ3v) is 2.33. The summed E-state index contributed by atoms with van der Waals surface area (Å²) in [6.07, 6.45) is -12.2. The molecule has 0 aliphatic heterocycles. The van der Waals surface area contributed by atoms with E-state index in [4.69, 9.17) is 0 Å². The molecule has 0 radical (unpaired) electrons. The molecule has 0 aliphatic rings. The average Bonchev–Trinajstić information content (AvgIpc) is 2.12. The first kappa shape index (κ1) is 15.6. The molecule has 19 heavy (non-hydrogen) atoms. The van der Waals surface area contributed by atoms with Gasteiger partial charge in [-0.2, -0.15) is 26.3 Å².